The van der Waals surface area contributed by atoms with Crippen molar-refractivity contribution in [2.45, 2.75) is 25.4 Å². The lowest BCUT2D eigenvalue weighted by atomic mass is 9.91. The van der Waals surface area contributed by atoms with Crippen molar-refractivity contribution in [2.24, 2.45) is 0 Å². The number of aliphatic hydroxyl groups is 1. The van der Waals surface area contributed by atoms with Crippen molar-refractivity contribution in [3.05, 3.63) is 64.5 Å². The van der Waals surface area contributed by atoms with Crippen LogP contribution in [0.3, 0.4) is 0 Å². The van der Waals surface area contributed by atoms with Gasteiger partial charge in [-0.3, -0.25) is 4.90 Å². The van der Waals surface area contributed by atoms with Gasteiger partial charge in [0.25, 0.3) is 0 Å². The van der Waals surface area contributed by atoms with Crippen molar-refractivity contribution in [1.82, 2.24) is 9.88 Å². The third-order valence-electron chi connectivity index (χ3n) is 4.99. The summed E-state index contributed by atoms with van der Waals surface area (Å²) < 4.78 is 15.5. The minimum Gasteiger partial charge on any atom is -0.390 e. The van der Waals surface area contributed by atoms with Crippen molar-refractivity contribution in [3.8, 4) is 0 Å². The molecule has 0 radical (unpaired) electrons. The van der Waals surface area contributed by atoms with Gasteiger partial charge in [0.15, 0.2) is 0 Å². The van der Waals surface area contributed by atoms with Crippen LogP contribution in [0, 0.1) is 5.95 Å². The highest BCUT2D eigenvalue weighted by Crippen LogP contribution is 2.39. The Hall–Kier alpha value is -1.82. The summed E-state index contributed by atoms with van der Waals surface area (Å²) in [7, 11) is 0. The topological polar surface area (TPSA) is 36.4 Å². The van der Waals surface area contributed by atoms with Crippen LogP contribution in [0.2, 0.25) is 0 Å². The Morgan fingerprint density at radius 3 is 2.84 bits per heavy atom. The van der Waals surface area contributed by atoms with Gasteiger partial charge in [-0.05, 0) is 29.5 Å². The lowest BCUT2D eigenvalue weighted by molar-refractivity contribution is 0.00319. The molecule has 1 unspecified atom stereocenters. The highest BCUT2D eigenvalue weighted by Gasteiger charge is 2.26. The lowest BCUT2D eigenvalue weighted by Gasteiger charge is -2.35. The smallest absolute Gasteiger partial charge is 0.216 e. The van der Waals surface area contributed by atoms with E-state index in [0.29, 0.717) is 5.56 Å². The molecule has 1 N–H and O–H groups in total. The molecule has 4 rings (SSSR count). The predicted octanol–water partition coefficient (Wildman–Crippen LogP) is 3.81. The average Bonchev–Trinajstić information content (AvgIpc) is 2.96. The Balaban J connectivity index is 1.70. The summed E-state index contributed by atoms with van der Waals surface area (Å²) in [6.07, 6.45) is 2.24. The van der Waals surface area contributed by atoms with Gasteiger partial charge in [-0.25, -0.2) is 4.98 Å². The van der Waals surface area contributed by atoms with Gasteiger partial charge in [0, 0.05) is 46.9 Å². The molecule has 0 saturated carbocycles. The van der Waals surface area contributed by atoms with Gasteiger partial charge in [-0.1, -0.05) is 31.2 Å². The number of hydrogen-bond donors (Lipinski definition) is 1. The van der Waals surface area contributed by atoms with E-state index in [-0.39, 0.29) is 18.0 Å². The number of fused-ring (bicyclic) bond motifs is 1. The molecule has 0 amide bonds. The fourth-order valence-corrected chi connectivity index (χ4v) is 4.93. The molecule has 3 nitrogen and oxygen atoms in total. The van der Waals surface area contributed by atoms with Crippen LogP contribution in [0.25, 0.3) is 10.1 Å². The Bertz CT molecular complexity index is 888. The number of likely N-dealkylation sites (tertiary alicyclic amines) is 1. The molecule has 3 aromatic rings. The average molecular weight is 356 g/mol. The first-order valence-corrected chi connectivity index (χ1v) is 9.46. The van der Waals surface area contributed by atoms with Crippen LogP contribution >= 0.6 is 11.3 Å². The number of pyridine rings is 1. The van der Waals surface area contributed by atoms with Gasteiger partial charge in [0.2, 0.25) is 5.95 Å². The highest BCUT2D eigenvalue weighted by atomic mass is 32.1. The molecule has 0 spiro atoms. The van der Waals surface area contributed by atoms with Crippen LogP contribution in [0.15, 0.2) is 42.6 Å². The molecule has 130 valence electrons. The molecule has 1 aromatic carbocycles. The van der Waals surface area contributed by atoms with Gasteiger partial charge in [-0.15, -0.1) is 11.3 Å². The fraction of sp³-hybridized carbons (Fsp3) is 0.350. The van der Waals surface area contributed by atoms with Crippen LogP contribution in [-0.4, -0.2) is 40.7 Å². The van der Waals surface area contributed by atoms with E-state index >= 15 is 0 Å². The molecular formula is C20H21FN2OS. The zero-order chi connectivity index (χ0) is 17.4. The summed E-state index contributed by atoms with van der Waals surface area (Å²) in [4.78, 5) is 7.39. The van der Waals surface area contributed by atoms with Gasteiger partial charge in [0.05, 0.1) is 6.10 Å². The van der Waals surface area contributed by atoms with Crippen LogP contribution in [-0.2, 0) is 6.42 Å². The van der Waals surface area contributed by atoms with Crippen molar-refractivity contribution < 1.29 is 9.50 Å². The van der Waals surface area contributed by atoms with Gasteiger partial charge < -0.3 is 5.11 Å². The predicted molar refractivity (Wildman–Crippen MR) is 99.7 cm³/mol. The fourth-order valence-electron chi connectivity index (χ4n) is 3.64. The first kappa shape index (κ1) is 16.6. The molecule has 0 aliphatic carbocycles. The maximum atomic E-state index is 14.2. The van der Waals surface area contributed by atoms with E-state index < -0.39 is 0 Å². The molecule has 2 aromatic heterocycles. The number of aliphatic hydroxyl groups excluding tert-OH is 1. The van der Waals surface area contributed by atoms with Crippen molar-refractivity contribution in [3.63, 3.8) is 0 Å². The molecule has 1 aliphatic rings. The molecule has 1 atom stereocenters. The molecule has 1 saturated heterocycles. The van der Waals surface area contributed by atoms with E-state index in [1.54, 1.807) is 17.4 Å². The number of hydrogen-bond acceptors (Lipinski definition) is 4. The summed E-state index contributed by atoms with van der Waals surface area (Å²) in [5.41, 5.74) is 1.86. The van der Waals surface area contributed by atoms with E-state index in [0.717, 1.165) is 26.1 Å². The first-order valence-electron chi connectivity index (χ1n) is 8.64. The SMILES string of the molecule is CC(c1cccnc1F)c1c(CCN2CC(O)C2)sc2ccccc12. The molecular weight excluding hydrogens is 335 g/mol. The second-order valence-electron chi connectivity index (χ2n) is 6.70. The van der Waals surface area contributed by atoms with Gasteiger partial charge in [-0.2, -0.15) is 4.39 Å². The summed E-state index contributed by atoms with van der Waals surface area (Å²) in [5, 5.41) is 10.7. The molecule has 1 fully saturated rings. The number of rotatable bonds is 5. The second kappa shape index (κ2) is 6.83. The Morgan fingerprint density at radius 2 is 2.08 bits per heavy atom. The summed E-state index contributed by atoms with van der Waals surface area (Å²) in [5.74, 6) is -0.427. The van der Waals surface area contributed by atoms with Gasteiger partial charge in [0.1, 0.15) is 0 Å². The van der Waals surface area contributed by atoms with Gasteiger partial charge >= 0.3 is 0 Å². The van der Waals surface area contributed by atoms with Crippen molar-refractivity contribution >= 4 is 21.4 Å². The zero-order valence-electron chi connectivity index (χ0n) is 14.2. The quantitative estimate of drug-likeness (QED) is 0.706. The van der Waals surface area contributed by atoms with Crippen molar-refractivity contribution in [2.75, 3.05) is 19.6 Å². The Kier molecular flexibility index (Phi) is 4.54. The third-order valence-corrected chi connectivity index (χ3v) is 6.24. The minimum absolute atomic E-state index is 0.0400. The molecule has 25 heavy (non-hydrogen) atoms. The Labute approximate surface area is 150 Å². The number of thiophene rings is 1. The van der Waals surface area contributed by atoms with E-state index in [9.17, 15) is 9.50 Å². The van der Waals surface area contributed by atoms with Crippen LogP contribution in [0.1, 0.15) is 28.8 Å². The highest BCUT2D eigenvalue weighted by molar-refractivity contribution is 7.19. The lowest BCUT2D eigenvalue weighted by Crippen LogP contribution is -2.51. The zero-order valence-corrected chi connectivity index (χ0v) is 15.0. The molecule has 5 heteroatoms. The molecule has 1 aliphatic heterocycles. The van der Waals surface area contributed by atoms with Crippen LogP contribution in [0.4, 0.5) is 4.39 Å². The van der Waals surface area contributed by atoms with Crippen LogP contribution < -0.4 is 0 Å². The number of nitrogens with zero attached hydrogens (tertiary/aromatic N) is 2. The summed E-state index contributed by atoms with van der Waals surface area (Å²) in [6.45, 7) is 4.50. The largest absolute Gasteiger partial charge is 0.390 e. The van der Waals surface area contributed by atoms with E-state index in [2.05, 4.69) is 28.9 Å². The van der Waals surface area contributed by atoms with E-state index in [1.165, 1.54) is 26.7 Å². The first-order chi connectivity index (χ1) is 12.1. The summed E-state index contributed by atoms with van der Waals surface area (Å²) >= 11 is 1.80. The number of β-amino-alcohol motifs (C(OH)–C–C–N with tert-alkyl or cyclic N) is 1. The number of benzene rings is 1. The minimum atomic E-state index is -0.387. The molecule has 3 heterocycles. The van der Waals surface area contributed by atoms with Crippen LogP contribution in [0.5, 0.6) is 0 Å². The molecule has 0 bridgehead atoms. The maximum absolute atomic E-state index is 14.2. The standard InChI is InChI=1S/C20H21FN2OS/c1-13(15-6-4-9-22-20(15)21)19-16-5-2-3-7-17(16)25-18(19)8-10-23-11-14(24)12-23/h2-7,9,13-14,24H,8,10-12H2,1H3. The van der Waals surface area contributed by atoms with Crippen molar-refractivity contribution in [1.29, 1.82) is 0 Å². The normalized spacial score (nSPS) is 16.9. The third kappa shape index (κ3) is 3.19. The van der Waals surface area contributed by atoms with E-state index in [1.807, 2.05) is 18.2 Å². The number of aromatic nitrogens is 1. The Morgan fingerprint density at radius 1 is 1.28 bits per heavy atom. The second-order valence-corrected chi connectivity index (χ2v) is 7.84. The van der Waals surface area contributed by atoms with E-state index in [4.69, 9.17) is 0 Å². The summed E-state index contributed by atoms with van der Waals surface area (Å²) in [6, 6.07) is 12.0. The number of halogens is 1. The maximum Gasteiger partial charge on any atom is 0.216 e. The monoisotopic (exact) mass is 356 g/mol.